The van der Waals surface area contributed by atoms with Crippen LogP contribution in [0.1, 0.15) is 30.4 Å². The first-order chi connectivity index (χ1) is 10.7. The number of nitriles is 1. The summed E-state index contributed by atoms with van der Waals surface area (Å²) in [5.41, 5.74) is 5.24. The van der Waals surface area contributed by atoms with Crippen molar-refractivity contribution < 1.29 is 4.79 Å². The van der Waals surface area contributed by atoms with Crippen molar-refractivity contribution >= 4 is 11.4 Å². The van der Waals surface area contributed by atoms with Gasteiger partial charge in [-0.3, -0.25) is 4.79 Å². The van der Waals surface area contributed by atoms with Crippen molar-refractivity contribution in [2.45, 2.75) is 19.3 Å². The molecule has 2 heteroatoms. The minimum atomic E-state index is -0.307. The molecule has 2 nitrogen and oxygen atoms in total. The second-order valence-corrected chi connectivity index (χ2v) is 6.23. The summed E-state index contributed by atoms with van der Waals surface area (Å²) in [6, 6.07) is 9.90. The van der Waals surface area contributed by atoms with E-state index in [2.05, 4.69) is 24.3 Å². The summed E-state index contributed by atoms with van der Waals surface area (Å²) in [7, 11) is 0. The molecule has 0 bridgehead atoms. The number of benzene rings is 1. The number of fused-ring (bicyclic) bond motifs is 1. The number of carbonyl (C=O) groups is 1. The summed E-state index contributed by atoms with van der Waals surface area (Å²) in [4.78, 5) is 12.2. The number of rotatable bonds is 1. The molecule has 1 atom stereocenters. The Kier molecular flexibility index (Phi) is 2.77. The Bertz CT molecular complexity index is 845. The lowest BCUT2D eigenvalue weighted by atomic mass is 9.83. The first-order valence-electron chi connectivity index (χ1n) is 7.54. The maximum atomic E-state index is 12.2. The van der Waals surface area contributed by atoms with E-state index in [0.717, 1.165) is 24.8 Å². The Morgan fingerprint density at radius 1 is 1.14 bits per heavy atom. The van der Waals surface area contributed by atoms with Crippen LogP contribution in [-0.2, 0) is 4.79 Å². The molecule has 1 aromatic rings. The monoisotopic (exact) mass is 285 g/mol. The van der Waals surface area contributed by atoms with Crippen LogP contribution in [0.25, 0.3) is 5.57 Å². The van der Waals surface area contributed by atoms with Crippen LogP contribution in [0.15, 0.2) is 65.8 Å². The number of hydrogen-bond acceptors (Lipinski definition) is 2. The molecule has 22 heavy (non-hydrogen) atoms. The molecule has 0 saturated heterocycles. The lowest BCUT2D eigenvalue weighted by molar-refractivity contribution is -0.120. The average Bonchev–Trinajstić information content (AvgIpc) is 3.10. The molecule has 0 aromatic heterocycles. The maximum Gasteiger partial charge on any atom is 0.165 e. The molecule has 1 spiro atoms. The topological polar surface area (TPSA) is 40.9 Å². The molecule has 106 valence electrons. The molecule has 0 radical (unpaired) electrons. The van der Waals surface area contributed by atoms with Crippen LogP contribution in [0.5, 0.6) is 0 Å². The molecule has 0 amide bonds. The van der Waals surface area contributed by atoms with Gasteiger partial charge in [0.2, 0.25) is 0 Å². The van der Waals surface area contributed by atoms with Crippen LogP contribution >= 0.6 is 0 Å². The molecule has 3 aliphatic rings. The third kappa shape index (κ3) is 1.90. The highest BCUT2D eigenvalue weighted by Gasteiger charge is 2.42. The summed E-state index contributed by atoms with van der Waals surface area (Å²) in [6.45, 7) is 0. The normalized spacial score (nSPS) is 25.6. The van der Waals surface area contributed by atoms with Crippen molar-refractivity contribution in [2.24, 2.45) is 5.41 Å². The highest BCUT2D eigenvalue weighted by molar-refractivity contribution is 6.00. The number of hydrogen-bond donors (Lipinski definition) is 0. The summed E-state index contributed by atoms with van der Waals surface area (Å²) < 4.78 is 0. The Morgan fingerprint density at radius 3 is 2.77 bits per heavy atom. The molecule has 0 aliphatic heterocycles. The fraction of sp³-hybridized carbons (Fsp3) is 0.200. The van der Waals surface area contributed by atoms with Gasteiger partial charge < -0.3 is 0 Å². The van der Waals surface area contributed by atoms with Crippen LogP contribution in [0.2, 0.25) is 0 Å². The molecule has 3 aliphatic carbocycles. The predicted octanol–water partition coefficient (Wildman–Crippen LogP) is 4.12. The van der Waals surface area contributed by atoms with E-state index < -0.39 is 0 Å². The molecular formula is C20H15NO. The minimum absolute atomic E-state index is 0.239. The zero-order valence-corrected chi connectivity index (χ0v) is 12.2. The number of allylic oxidation sites excluding steroid dienone is 8. The molecule has 0 saturated carbocycles. The third-order valence-corrected chi connectivity index (χ3v) is 4.84. The summed E-state index contributed by atoms with van der Waals surface area (Å²) in [5, 5.41) is 9.04. The fourth-order valence-corrected chi connectivity index (χ4v) is 3.65. The Hall–Kier alpha value is -2.66. The first-order valence-corrected chi connectivity index (χ1v) is 7.54. The van der Waals surface area contributed by atoms with E-state index in [9.17, 15) is 4.79 Å². The van der Waals surface area contributed by atoms with E-state index in [1.54, 1.807) is 6.08 Å². The SMILES string of the molecule is N#Cc1cccc(C2=CC=C3CC4(C=C3C2)CC=CC4=O)c1. The van der Waals surface area contributed by atoms with Crippen molar-refractivity contribution in [3.05, 3.63) is 76.9 Å². The van der Waals surface area contributed by atoms with Gasteiger partial charge in [0.1, 0.15) is 0 Å². The molecular weight excluding hydrogens is 270 g/mol. The zero-order valence-electron chi connectivity index (χ0n) is 12.2. The van der Waals surface area contributed by atoms with Gasteiger partial charge in [0.15, 0.2) is 5.78 Å². The van der Waals surface area contributed by atoms with Gasteiger partial charge in [-0.15, -0.1) is 0 Å². The quantitative estimate of drug-likeness (QED) is 0.779. The third-order valence-electron chi connectivity index (χ3n) is 4.84. The van der Waals surface area contributed by atoms with Crippen molar-refractivity contribution in [1.82, 2.24) is 0 Å². The van der Waals surface area contributed by atoms with Crippen molar-refractivity contribution in [2.75, 3.05) is 0 Å². The van der Waals surface area contributed by atoms with Crippen LogP contribution in [-0.4, -0.2) is 5.78 Å². The van der Waals surface area contributed by atoms with Crippen molar-refractivity contribution in [3.63, 3.8) is 0 Å². The van der Waals surface area contributed by atoms with E-state index in [1.165, 1.54) is 16.7 Å². The van der Waals surface area contributed by atoms with Crippen LogP contribution < -0.4 is 0 Å². The standard InChI is InChI=1S/C20H15NO/c21-13-14-3-1-4-15(9-14)16-6-7-17-11-20(12-18(17)10-16)8-2-5-19(20)22/h1-7,9,12H,8,10-11H2. The highest BCUT2D eigenvalue weighted by Crippen LogP contribution is 2.49. The minimum Gasteiger partial charge on any atom is -0.294 e. The van der Waals surface area contributed by atoms with Gasteiger partial charge in [-0.05, 0) is 59.8 Å². The van der Waals surface area contributed by atoms with E-state index in [-0.39, 0.29) is 11.2 Å². The van der Waals surface area contributed by atoms with Gasteiger partial charge in [0.05, 0.1) is 17.0 Å². The fourth-order valence-electron chi connectivity index (χ4n) is 3.65. The average molecular weight is 285 g/mol. The number of ketones is 1. The number of nitrogens with zero attached hydrogens (tertiary/aromatic N) is 1. The van der Waals surface area contributed by atoms with E-state index in [4.69, 9.17) is 5.26 Å². The van der Waals surface area contributed by atoms with Crippen LogP contribution in [0.4, 0.5) is 0 Å². The lowest BCUT2D eigenvalue weighted by Crippen LogP contribution is -2.20. The van der Waals surface area contributed by atoms with Crippen LogP contribution in [0, 0.1) is 16.7 Å². The first kappa shape index (κ1) is 13.0. The predicted molar refractivity (Wildman–Crippen MR) is 85.7 cm³/mol. The van der Waals surface area contributed by atoms with Crippen LogP contribution in [0.3, 0.4) is 0 Å². The Labute approximate surface area is 129 Å². The van der Waals surface area contributed by atoms with Gasteiger partial charge in [-0.1, -0.05) is 36.4 Å². The van der Waals surface area contributed by atoms with Gasteiger partial charge in [-0.25, -0.2) is 0 Å². The van der Waals surface area contributed by atoms with Gasteiger partial charge in [0.25, 0.3) is 0 Å². The maximum absolute atomic E-state index is 12.2. The van der Waals surface area contributed by atoms with Gasteiger partial charge in [0, 0.05) is 0 Å². The largest absolute Gasteiger partial charge is 0.294 e. The lowest BCUT2D eigenvalue weighted by Gasteiger charge is -2.18. The van der Waals surface area contributed by atoms with Crippen molar-refractivity contribution in [3.8, 4) is 6.07 Å². The summed E-state index contributed by atoms with van der Waals surface area (Å²) >= 11 is 0. The molecule has 0 heterocycles. The Balaban J connectivity index is 1.67. The second kappa shape index (κ2) is 4.68. The van der Waals surface area contributed by atoms with Gasteiger partial charge >= 0.3 is 0 Å². The Morgan fingerprint density at radius 2 is 2.00 bits per heavy atom. The van der Waals surface area contributed by atoms with Gasteiger partial charge in [-0.2, -0.15) is 5.26 Å². The number of carbonyl (C=O) groups excluding carboxylic acids is 1. The second-order valence-electron chi connectivity index (χ2n) is 6.23. The van der Waals surface area contributed by atoms with E-state index >= 15 is 0 Å². The molecule has 0 fully saturated rings. The smallest absolute Gasteiger partial charge is 0.165 e. The highest BCUT2D eigenvalue weighted by atomic mass is 16.1. The summed E-state index contributed by atoms with van der Waals surface area (Å²) in [5.74, 6) is 0.239. The molecule has 0 N–H and O–H groups in total. The van der Waals surface area contributed by atoms with E-state index in [0.29, 0.717) is 5.56 Å². The molecule has 4 rings (SSSR count). The molecule has 1 aromatic carbocycles. The zero-order chi connectivity index (χ0) is 15.2. The van der Waals surface area contributed by atoms with Crippen molar-refractivity contribution in [1.29, 1.82) is 5.26 Å². The molecule has 1 unspecified atom stereocenters. The summed E-state index contributed by atoms with van der Waals surface area (Å²) in [6.07, 6.45) is 12.7. The van der Waals surface area contributed by atoms with E-state index in [1.807, 2.05) is 30.3 Å².